The van der Waals surface area contributed by atoms with Crippen LogP contribution in [0.3, 0.4) is 0 Å². The normalized spacial score (nSPS) is 11.0. The van der Waals surface area contributed by atoms with E-state index in [-0.39, 0.29) is 5.91 Å². The van der Waals surface area contributed by atoms with Crippen LogP contribution in [0, 0.1) is 0 Å². The maximum atomic E-state index is 12.3. The molecule has 4 heteroatoms. The Kier molecular flexibility index (Phi) is 2.54. The van der Waals surface area contributed by atoms with Crippen LogP contribution in [0.15, 0.2) is 60.9 Å². The maximum absolute atomic E-state index is 12.3. The van der Waals surface area contributed by atoms with Crippen LogP contribution < -0.4 is 5.32 Å². The fraction of sp³-hybridized carbons (Fsp3) is 0. The zero-order valence-corrected chi connectivity index (χ0v) is 11.2. The number of benzene rings is 2. The number of nitrogens with one attached hydrogen (secondary N) is 3. The lowest BCUT2D eigenvalue weighted by Gasteiger charge is -2.06. The van der Waals surface area contributed by atoms with Crippen molar-refractivity contribution in [1.82, 2.24) is 9.97 Å². The smallest absolute Gasteiger partial charge is 0.255 e. The lowest BCUT2D eigenvalue weighted by molar-refractivity contribution is 0.102. The topological polar surface area (TPSA) is 60.7 Å². The maximum Gasteiger partial charge on any atom is 0.255 e. The monoisotopic (exact) mass is 275 g/mol. The third-order valence-corrected chi connectivity index (χ3v) is 3.63. The van der Waals surface area contributed by atoms with E-state index in [1.807, 2.05) is 60.9 Å². The molecule has 0 bridgehead atoms. The van der Waals surface area contributed by atoms with Crippen molar-refractivity contribution < 1.29 is 4.79 Å². The average molecular weight is 275 g/mol. The van der Waals surface area contributed by atoms with Crippen LogP contribution in [-0.2, 0) is 0 Å². The van der Waals surface area contributed by atoms with Crippen LogP contribution in [0.5, 0.6) is 0 Å². The van der Waals surface area contributed by atoms with Crippen molar-refractivity contribution >= 4 is 33.4 Å². The highest BCUT2D eigenvalue weighted by atomic mass is 16.1. The summed E-state index contributed by atoms with van der Waals surface area (Å²) in [6, 6.07) is 15.4. The van der Waals surface area contributed by atoms with E-state index in [1.54, 1.807) is 0 Å². The summed E-state index contributed by atoms with van der Waals surface area (Å²) in [4.78, 5) is 18.6. The summed E-state index contributed by atoms with van der Waals surface area (Å²) >= 11 is 0. The molecule has 4 nitrogen and oxygen atoms in total. The summed E-state index contributed by atoms with van der Waals surface area (Å²) in [5.74, 6) is -0.110. The summed E-state index contributed by atoms with van der Waals surface area (Å²) < 4.78 is 0. The molecule has 0 spiro atoms. The number of carbonyl (C=O) groups excluding carboxylic acids is 1. The largest absolute Gasteiger partial charge is 0.361 e. The van der Waals surface area contributed by atoms with Gasteiger partial charge < -0.3 is 15.3 Å². The number of carbonyl (C=O) groups is 1. The second-order valence-electron chi connectivity index (χ2n) is 5.01. The zero-order chi connectivity index (χ0) is 14.2. The van der Waals surface area contributed by atoms with Crippen molar-refractivity contribution in [2.24, 2.45) is 0 Å². The minimum absolute atomic E-state index is 0.110. The number of rotatable bonds is 2. The molecule has 0 saturated heterocycles. The number of anilines is 1. The van der Waals surface area contributed by atoms with Crippen LogP contribution in [0.25, 0.3) is 21.8 Å². The van der Waals surface area contributed by atoms with E-state index in [0.717, 1.165) is 27.5 Å². The number of amides is 1. The molecule has 21 heavy (non-hydrogen) atoms. The van der Waals surface area contributed by atoms with Crippen molar-refractivity contribution in [2.45, 2.75) is 0 Å². The number of aromatic nitrogens is 2. The predicted octanol–water partition coefficient (Wildman–Crippen LogP) is 3.90. The second kappa shape index (κ2) is 4.52. The van der Waals surface area contributed by atoms with E-state index in [2.05, 4.69) is 15.3 Å². The molecule has 0 atom stereocenters. The summed E-state index contributed by atoms with van der Waals surface area (Å²) in [6.07, 6.45) is 3.75. The van der Waals surface area contributed by atoms with Crippen LogP contribution in [-0.4, -0.2) is 15.9 Å². The van der Waals surface area contributed by atoms with E-state index >= 15 is 0 Å². The third kappa shape index (κ3) is 2.07. The Morgan fingerprint density at radius 1 is 0.810 bits per heavy atom. The first-order chi connectivity index (χ1) is 10.3. The van der Waals surface area contributed by atoms with Crippen molar-refractivity contribution in [3.8, 4) is 0 Å². The molecule has 0 fully saturated rings. The average Bonchev–Trinajstić information content (AvgIpc) is 3.14. The van der Waals surface area contributed by atoms with Gasteiger partial charge in [0.1, 0.15) is 0 Å². The van der Waals surface area contributed by atoms with Gasteiger partial charge in [-0.05, 0) is 47.9 Å². The number of fused-ring (bicyclic) bond motifs is 2. The van der Waals surface area contributed by atoms with Gasteiger partial charge in [0.05, 0.1) is 0 Å². The molecule has 2 aromatic carbocycles. The van der Waals surface area contributed by atoms with Gasteiger partial charge in [-0.25, -0.2) is 0 Å². The number of hydrogen-bond donors (Lipinski definition) is 3. The summed E-state index contributed by atoms with van der Waals surface area (Å²) in [6.45, 7) is 0. The molecule has 0 unspecified atom stereocenters. The molecule has 0 aliphatic rings. The lowest BCUT2D eigenvalue weighted by atomic mass is 10.1. The van der Waals surface area contributed by atoms with E-state index in [0.29, 0.717) is 5.56 Å². The van der Waals surface area contributed by atoms with Crippen LogP contribution in [0.2, 0.25) is 0 Å². The van der Waals surface area contributed by atoms with Gasteiger partial charge in [-0.3, -0.25) is 4.79 Å². The van der Waals surface area contributed by atoms with Crippen LogP contribution >= 0.6 is 0 Å². The SMILES string of the molecule is O=C(Nc1ccc2[nH]ccc2c1)c1ccc2cc[nH]c2c1. The zero-order valence-electron chi connectivity index (χ0n) is 11.2. The van der Waals surface area contributed by atoms with Gasteiger partial charge >= 0.3 is 0 Å². The predicted molar refractivity (Wildman–Crippen MR) is 84.6 cm³/mol. The van der Waals surface area contributed by atoms with Gasteiger partial charge in [0, 0.05) is 40.1 Å². The minimum atomic E-state index is -0.110. The molecule has 2 heterocycles. The van der Waals surface area contributed by atoms with Gasteiger partial charge in [-0.2, -0.15) is 0 Å². The summed E-state index contributed by atoms with van der Waals surface area (Å²) in [5.41, 5.74) is 3.45. The summed E-state index contributed by atoms with van der Waals surface area (Å²) in [7, 11) is 0. The van der Waals surface area contributed by atoms with Crippen molar-refractivity contribution in [2.75, 3.05) is 5.32 Å². The molecule has 102 valence electrons. The Bertz CT molecular complexity index is 949. The molecule has 4 aromatic rings. The minimum Gasteiger partial charge on any atom is -0.361 e. The molecular formula is C17H13N3O. The highest BCUT2D eigenvalue weighted by molar-refractivity contribution is 6.06. The highest BCUT2D eigenvalue weighted by Crippen LogP contribution is 2.19. The molecule has 4 rings (SSSR count). The molecule has 1 amide bonds. The fourth-order valence-electron chi connectivity index (χ4n) is 2.52. The Morgan fingerprint density at radius 3 is 2.52 bits per heavy atom. The number of hydrogen-bond acceptors (Lipinski definition) is 1. The Hall–Kier alpha value is -3.01. The van der Waals surface area contributed by atoms with Gasteiger partial charge in [0.25, 0.3) is 5.91 Å². The Labute approximate surface area is 120 Å². The van der Waals surface area contributed by atoms with Gasteiger partial charge in [-0.1, -0.05) is 6.07 Å². The Balaban J connectivity index is 1.64. The number of H-pyrrole nitrogens is 2. The number of aromatic amines is 2. The standard InChI is InChI=1S/C17H13N3O/c21-17(13-2-1-11-5-7-19-16(11)10-13)20-14-3-4-15-12(9-14)6-8-18-15/h1-10,18-19H,(H,20,21). The van der Waals surface area contributed by atoms with E-state index in [9.17, 15) is 4.79 Å². The van der Waals surface area contributed by atoms with E-state index in [1.165, 1.54) is 0 Å². The van der Waals surface area contributed by atoms with Gasteiger partial charge in [-0.15, -0.1) is 0 Å². The molecule has 3 N–H and O–H groups in total. The molecule has 2 aromatic heterocycles. The fourth-order valence-corrected chi connectivity index (χ4v) is 2.52. The van der Waals surface area contributed by atoms with E-state index < -0.39 is 0 Å². The van der Waals surface area contributed by atoms with Gasteiger partial charge in [0.15, 0.2) is 0 Å². The Morgan fingerprint density at radius 2 is 1.62 bits per heavy atom. The molecule has 0 aliphatic heterocycles. The lowest BCUT2D eigenvalue weighted by Crippen LogP contribution is -2.11. The van der Waals surface area contributed by atoms with Crippen LogP contribution in [0.1, 0.15) is 10.4 Å². The second-order valence-corrected chi connectivity index (χ2v) is 5.01. The molecule has 0 radical (unpaired) electrons. The molecule has 0 saturated carbocycles. The van der Waals surface area contributed by atoms with Gasteiger partial charge in [0.2, 0.25) is 0 Å². The van der Waals surface area contributed by atoms with Crippen LogP contribution in [0.4, 0.5) is 5.69 Å². The first kappa shape index (κ1) is 11.8. The van der Waals surface area contributed by atoms with Crippen molar-refractivity contribution in [3.63, 3.8) is 0 Å². The van der Waals surface area contributed by atoms with E-state index in [4.69, 9.17) is 0 Å². The first-order valence-corrected chi connectivity index (χ1v) is 6.75. The first-order valence-electron chi connectivity index (χ1n) is 6.75. The molecule has 0 aliphatic carbocycles. The summed E-state index contributed by atoms with van der Waals surface area (Å²) in [5, 5.41) is 5.10. The quantitative estimate of drug-likeness (QED) is 0.510. The van der Waals surface area contributed by atoms with Crippen molar-refractivity contribution in [1.29, 1.82) is 0 Å². The molecular weight excluding hydrogens is 262 g/mol. The third-order valence-electron chi connectivity index (χ3n) is 3.63. The van der Waals surface area contributed by atoms with Crippen molar-refractivity contribution in [3.05, 3.63) is 66.5 Å². The highest BCUT2D eigenvalue weighted by Gasteiger charge is 2.08.